The summed E-state index contributed by atoms with van der Waals surface area (Å²) in [5.74, 6) is 0.808. The predicted molar refractivity (Wildman–Crippen MR) is 144 cm³/mol. The van der Waals surface area contributed by atoms with Crippen LogP contribution in [0.2, 0.25) is 0 Å². The molecule has 0 unspecified atom stereocenters. The van der Waals surface area contributed by atoms with E-state index in [-0.39, 0.29) is 17.6 Å². The van der Waals surface area contributed by atoms with Gasteiger partial charge in [0.2, 0.25) is 5.75 Å². The Morgan fingerprint density at radius 3 is 2.46 bits per heavy atom. The number of hydrogen-bond acceptors (Lipinski definition) is 10. The maximum absolute atomic E-state index is 13.3. The lowest BCUT2D eigenvalue weighted by molar-refractivity contribution is -0.763. The van der Waals surface area contributed by atoms with Crippen molar-refractivity contribution in [1.82, 2.24) is 10.3 Å². The molecule has 3 aromatic rings. The molecule has 0 aliphatic heterocycles. The molecule has 1 aliphatic carbocycles. The molecule has 0 fully saturated rings. The summed E-state index contributed by atoms with van der Waals surface area (Å²) < 4.78 is 17.0. The second-order valence-electron chi connectivity index (χ2n) is 8.80. The standard InChI is InChI=1S/C27H27N3O8S/c1-14-5-8-17-19(11-21(14)31)20(29-27(32)15-6-7-16(28-12-15)13-38-30(33)34)10-9-18-22(17)23(35-2)24(36-3)25(37-4)26(18)39/h5-8,11-12,20,39H,9-10,13H2,1-4H3,(H,29,32)/t20-/m0/s1. The van der Waals surface area contributed by atoms with Gasteiger partial charge in [0.15, 0.2) is 16.9 Å². The first kappa shape index (κ1) is 27.7. The Balaban J connectivity index is 1.81. The van der Waals surface area contributed by atoms with Gasteiger partial charge >= 0.3 is 0 Å². The van der Waals surface area contributed by atoms with Gasteiger partial charge < -0.3 is 24.4 Å². The number of ether oxygens (including phenoxy) is 3. The number of aromatic nitrogens is 1. The molecule has 0 radical (unpaired) electrons. The van der Waals surface area contributed by atoms with Crippen LogP contribution in [0.5, 0.6) is 17.2 Å². The summed E-state index contributed by atoms with van der Waals surface area (Å²) in [6.45, 7) is 1.40. The number of carbonyl (C=O) groups excluding carboxylic acids is 1. The van der Waals surface area contributed by atoms with Gasteiger partial charge in [-0.2, -0.15) is 0 Å². The van der Waals surface area contributed by atoms with E-state index in [4.69, 9.17) is 26.8 Å². The van der Waals surface area contributed by atoms with Crippen molar-refractivity contribution >= 4 is 18.5 Å². The molecule has 204 valence electrons. The summed E-state index contributed by atoms with van der Waals surface area (Å²) in [6.07, 6.45) is 2.25. The lowest BCUT2D eigenvalue weighted by atomic mass is 9.95. The van der Waals surface area contributed by atoms with Crippen LogP contribution in [0.3, 0.4) is 0 Å². The van der Waals surface area contributed by atoms with Crippen LogP contribution in [0, 0.1) is 17.0 Å². The first-order valence-corrected chi connectivity index (χ1v) is 12.4. The highest BCUT2D eigenvalue weighted by molar-refractivity contribution is 7.80. The molecule has 11 nitrogen and oxygen atoms in total. The highest BCUT2D eigenvalue weighted by Gasteiger charge is 2.32. The second kappa shape index (κ2) is 11.6. The van der Waals surface area contributed by atoms with Crippen LogP contribution < -0.4 is 25.0 Å². The Hall–Kier alpha value is -4.32. The van der Waals surface area contributed by atoms with Gasteiger partial charge in [0.25, 0.3) is 11.0 Å². The summed E-state index contributed by atoms with van der Waals surface area (Å²) in [7, 11) is 4.56. The number of nitrogens with one attached hydrogen (secondary N) is 1. The summed E-state index contributed by atoms with van der Waals surface area (Å²) >= 11 is 4.76. The fourth-order valence-corrected chi connectivity index (χ4v) is 5.07. The third kappa shape index (κ3) is 5.46. The lowest BCUT2D eigenvalue weighted by Gasteiger charge is -2.21. The van der Waals surface area contributed by atoms with E-state index < -0.39 is 17.0 Å². The van der Waals surface area contributed by atoms with E-state index in [2.05, 4.69) is 15.1 Å². The van der Waals surface area contributed by atoms with E-state index in [1.54, 1.807) is 13.0 Å². The molecule has 12 heteroatoms. The van der Waals surface area contributed by atoms with E-state index in [0.717, 1.165) is 5.56 Å². The quantitative estimate of drug-likeness (QED) is 0.242. The van der Waals surface area contributed by atoms with Crippen LogP contribution >= 0.6 is 12.6 Å². The molecule has 0 bridgehead atoms. The molecule has 1 aliphatic rings. The first-order valence-electron chi connectivity index (χ1n) is 11.9. The number of benzene rings is 1. The number of amides is 1. The van der Waals surface area contributed by atoms with E-state index in [9.17, 15) is 19.7 Å². The van der Waals surface area contributed by atoms with Crippen LogP contribution in [0.25, 0.3) is 11.1 Å². The SMILES string of the molecule is COc1c(S)c2c(c(OC)c1OC)-c1ccc(C)c(=O)cc1[C@@H](NC(=O)c1ccc(CO[N+](=O)[O-])nc1)CC2. The van der Waals surface area contributed by atoms with Gasteiger partial charge in [-0.3, -0.25) is 14.6 Å². The number of carbonyl (C=O) groups is 1. The maximum Gasteiger partial charge on any atom is 0.294 e. The van der Waals surface area contributed by atoms with Crippen molar-refractivity contribution in [2.24, 2.45) is 0 Å². The molecule has 1 atom stereocenters. The fraction of sp³-hybridized carbons (Fsp3) is 0.296. The van der Waals surface area contributed by atoms with Crippen LogP contribution in [0.4, 0.5) is 0 Å². The van der Waals surface area contributed by atoms with Crippen LogP contribution in [-0.4, -0.2) is 37.3 Å². The van der Waals surface area contributed by atoms with Crippen molar-refractivity contribution in [3.63, 3.8) is 0 Å². The predicted octanol–water partition coefficient (Wildman–Crippen LogP) is 3.86. The minimum Gasteiger partial charge on any atom is -0.492 e. The van der Waals surface area contributed by atoms with Crippen molar-refractivity contribution in [2.45, 2.75) is 37.3 Å². The molecule has 1 N–H and O–H groups in total. The average molecular weight is 554 g/mol. The lowest BCUT2D eigenvalue weighted by Crippen LogP contribution is -2.29. The van der Waals surface area contributed by atoms with Gasteiger partial charge in [-0.05, 0) is 60.2 Å². The van der Waals surface area contributed by atoms with Gasteiger partial charge in [0.05, 0.1) is 43.5 Å². The molecule has 1 aromatic heterocycles. The largest absolute Gasteiger partial charge is 0.492 e. The number of fused-ring (bicyclic) bond motifs is 3. The van der Waals surface area contributed by atoms with Crippen molar-refractivity contribution < 1.29 is 28.9 Å². The third-order valence-electron chi connectivity index (χ3n) is 6.58. The summed E-state index contributed by atoms with van der Waals surface area (Å²) in [4.78, 5) is 45.6. The molecule has 0 saturated carbocycles. The smallest absolute Gasteiger partial charge is 0.294 e. The van der Waals surface area contributed by atoms with Crippen LogP contribution in [0.1, 0.15) is 45.2 Å². The number of methoxy groups -OCH3 is 3. The molecular weight excluding hydrogens is 526 g/mol. The zero-order valence-electron chi connectivity index (χ0n) is 21.8. The fourth-order valence-electron chi connectivity index (χ4n) is 4.65. The monoisotopic (exact) mass is 553 g/mol. The summed E-state index contributed by atoms with van der Waals surface area (Å²) in [6, 6.07) is 7.54. The van der Waals surface area contributed by atoms with Crippen LogP contribution in [-0.2, 0) is 17.9 Å². The molecule has 4 rings (SSSR count). The van der Waals surface area contributed by atoms with E-state index in [0.29, 0.717) is 62.9 Å². The minimum absolute atomic E-state index is 0.179. The Kier molecular flexibility index (Phi) is 8.24. The van der Waals surface area contributed by atoms with Gasteiger partial charge in [-0.15, -0.1) is 22.7 Å². The summed E-state index contributed by atoms with van der Waals surface area (Å²) in [5.41, 5.74) is 3.75. The van der Waals surface area contributed by atoms with E-state index in [1.165, 1.54) is 45.7 Å². The highest BCUT2D eigenvalue weighted by atomic mass is 32.1. The van der Waals surface area contributed by atoms with Gasteiger partial charge in [0, 0.05) is 11.8 Å². The molecule has 1 heterocycles. The normalized spacial score (nSPS) is 13.8. The zero-order chi connectivity index (χ0) is 28.3. The second-order valence-corrected chi connectivity index (χ2v) is 9.24. The topological polar surface area (TPSA) is 139 Å². The highest BCUT2D eigenvalue weighted by Crippen LogP contribution is 2.53. The Bertz CT molecular complexity index is 1490. The van der Waals surface area contributed by atoms with Gasteiger partial charge in [-0.25, -0.2) is 0 Å². The molecular formula is C27H27N3O8S. The minimum atomic E-state index is -0.911. The molecule has 2 aromatic carbocycles. The van der Waals surface area contributed by atoms with E-state index >= 15 is 0 Å². The number of pyridine rings is 1. The third-order valence-corrected chi connectivity index (χ3v) is 7.05. The molecule has 0 spiro atoms. The summed E-state index contributed by atoms with van der Waals surface area (Å²) in [5, 5.41) is 12.5. The molecule has 1 amide bonds. The Labute approximate surface area is 229 Å². The number of thiol groups is 1. The number of aryl methyl sites for hydroxylation is 1. The van der Waals surface area contributed by atoms with Crippen LogP contribution in [0.15, 0.2) is 46.2 Å². The first-order chi connectivity index (χ1) is 18.7. The Morgan fingerprint density at radius 2 is 1.85 bits per heavy atom. The molecule has 0 saturated heterocycles. The zero-order valence-corrected chi connectivity index (χ0v) is 22.7. The number of rotatable bonds is 8. The average Bonchev–Trinajstić information content (AvgIpc) is 3.16. The van der Waals surface area contributed by atoms with E-state index in [1.807, 2.05) is 6.07 Å². The number of nitrogens with zero attached hydrogens (tertiary/aromatic N) is 2. The molecule has 39 heavy (non-hydrogen) atoms. The Morgan fingerprint density at radius 1 is 1.13 bits per heavy atom. The van der Waals surface area contributed by atoms with Crippen molar-refractivity contribution in [3.05, 3.63) is 84.8 Å². The van der Waals surface area contributed by atoms with Crippen molar-refractivity contribution in [3.8, 4) is 28.4 Å². The van der Waals surface area contributed by atoms with Crippen molar-refractivity contribution in [1.29, 1.82) is 0 Å². The van der Waals surface area contributed by atoms with Gasteiger partial charge in [0.1, 0.15) is 6.61 Å². The number of hydrogen-bond donors (Lipinski definition) is 2. The van der Waals surface area contributed by atoms with Gasteiger partial charge in [-0.1, -0.05) is 12.1 Å². The maximum atomic E-state index is 13.3. The van der Waals surface area contributed by atoms with Crippen molar-refractivity contribution in [2.75, 3.05) is 21.3 Å².